The Morgan fingerprint density at radius 1 is 1.21 bits per heavy atom. The van der Waals surface area contributed by atoms with Crippen molar-refractivity contribution in [2.24, 2.45) is 5.92 Å². The second-order valence-electron chi connectivity index (χ2n) is 5.72. The minimum absolute atomic E-state index is 0.0425. The van der Waals surface area contributed by atoms with Crippen LogP contribution in [0.4, 0.5) is 0 Å². The molecule has 2 fully saturated rings. The third kappa shape index (κ3) is 4.76. The molecule has 5 nitrogen and oxygen atoms in total. The zero-order valence-corrected chi connectivity index (χ0v) is 12.2. The first-order valence-corrected chi connectivity index (χ1v) is 8.78. The van der Waals surface area contributed by atoms with Crippen LogP contribution in [0.2, 0.25) is 0 Å². The topological polar surface area (TPSA) is 69.7 Å². The summed E-state index contributed by atoms with van der Waals surface area (Å²) in [5, 5.41) is 0. The third-order valence-electron chi connectivity index (χ3n) is 3.81. The molecule has 1 aliphatic carbocycles. The van der Waals surface area contributed by atoms with E-state index in [1.165, 1.54) is 6.42 Å². The second kappa shape index (κ2) is 6.22. The summed E-state index contributed by atoms with van der Waals surface area (Å²) in [5.74, 6) is 0.278. The lowest BCUT2D eigenvalue weighted by Crippen LogP contribution is -2.27. The SMILES string of the molecule is C[C@@H]1CCC[C@@H](OCC(=O)O[C@H]2CCS(=O)(=O)C2)C1. The summed E-state index contributed by atoms with van der Waals surface area (Å²) in [6, 6.07) is 0. The molecular formula is C13H22O5S. The van der Waals surface area contributed by atoms with E-state index in [-0.39, 0.29) is 24.2 Å². The van der Waals surface area contributed by atoms with Gasteiger partial charge in [-0.1, -0.05) is 19.8 Å². The van der Waals surface area contributed by atoms with Gasteiger partial charge in [-0.15, -0.1) is 0 Å². The first-order chi connectivity index (χ1) is 8.94. The van der Waals surface area contributed by atoms with Gasteiger partial charge < -0.3 is 9.47 Å². The highest BCUT2D eigenvalue weighted by Gasteiger charge is 2.31. The maximum absolute atomic E-state index is 11.6. The molecule has 110 valence electrons. The molecule has 0 amide bonds. The van der Waals surface area contributed by atoms with Crippen molar-refractivity contribution in [3.8, 4) is 0 Å². The molecule has 1 saturated heterocycles. The predicted octanol–water partition coefficient (Wildman–Crippen LogP) is 1.31. The molecule has 0 aromatic rings. The van der Waals surface area contributed by atoms with Crippen LogP contribution in [-0.4, -0.2) is 44.7 Å². The van der Waals surface area contributed by atoms with Crippen molar-refractivity contribution >= 4 is 15.8 Å². The highest BCUT2D eigenvalue weighted by atomic mass is 32.2. The molecule has 0 spiro atoms. The van der Waals surface area contributed by atoms with E-state index in [0.717, 1.165) is 19.3 Å². The lowest BCUT2D eigenvalue weighted by molar-refractivity contribution is -0.156. The van der Waals surface area contributed by atoms with Crippen LogP contribution in [0.3, 0.4) is 0 Å². The van der Waals surface area contributed by atoms with Crippen LogP contribution in [0.25, 0.3) is 0 Å². The summed E-state index contributed by atoms with van der Waals surface area (Å²) in [4.78, 5) is 11.6. The Hall–Kier alpha value is -0.620. The summed E-state index contributed by atoms with van der Waals surface area (Å²) in [7, 11) is -3.00. The van der Waals surface area contributed by atoms with E-state index in [0.29, 0.717) is 12.3 Å². The number of esters is 1. The minimum atomic E-state index is -3.00. The van der Waals surface area contributed by atoms with Gasteiger partial charge in [0, 0.05) is 0 Å². The van der Waals surface area contributed by atoms with E-state index in [1.807, 2.05) is 0 Å². The van der Waals surface area contributed by atoms with Crippen molar-refractivity contribution in [3.63, 3.8) is 0 Å². The van der Waals surface area contributed by atoms with Crippen LogP contribution in [0, 0.1) is 5.92 Å². The molecule has 0 aromatic carbocycles. The number of carbonyl (C=O) groups excluding carboxylic acids is 1. The zero-order valence-electron chi connectivity index (χ0n) is 11.3. The Balaban J connectivity index is 1.67. The quantitative estimate of drug-likeness (QED) is 0.730. The molecule has 6 heteroatoms. The zero-order chi connectivity index (χ0) is 13.9. The summed E-state index contributed by atoms with van der Waals surface area (Å²) >= 11 is 0. The van der Waals surface area contributed by atoms with Crippen molar-refractivity contribution in [1.82, 2.24) is 0 Å². The van der Waals surface area contributed by atoms with Gasteiger partial charge in [-0.2, -0.15) is 0 Å². The van der Waals surface area contributed by atoms with Crippen LogP contribution in [-0.2, 0) is 24.1 Å². The molecule has 0 bridgehead atoms. The number of carbonyl (C=O) groups is 1. The van der Waals surface area contributed by atoms with Gasteiger partial charge in [0.1, 0.15) is 12.7 Å². The lowest BCUT2D eigenvalue weighted by Gasteiger charge is -2.26. The number of rotatable bonds is 4. The van der Waals surface area contributed by atoms with Gasteiger partial charge >= 0.3 is 5.97 Å². The van der Waals surface area contributed by atoms with Gasteiger partial charge in [0.05, 0.1) is 17.6 Å². The van der Waals surface area contributed by atoms with E-state index >= 15 is 0 Å². The van der Waals surface area contributed by atoms with Crippen molar-refractivity contribution in [2.45, 2.75) is 51.2 Å². The maximum Gasteiger partial charge on any atom is 0.332 e. The van der Waals surface area contributed by atoms with E-state index in [9.17, 15) is 13.2 Å². The summed E-state index contributed by atoms with van der Waals surface area (Å²) in [5.41, 5.74) is 0. The van der Waals surface area contributed by atoms with Crippen molar-refractivity contribution < 1.29 is 22.7 Å². The highest BCUT2D eigenvalue weighted by Crippen LogP contribution is 2.25. The number of hydrogen-bond acceptors (Lipinski definition) is 5. The standard InChI is InChI=1S/C13H22O5S/c1-10-3-2-4-11(7-10)17-8-13(14)18-12-5-6-19(15,16)9-12/h10-12H,2-9H2,1H3/t10-,11-,12+/m1/s1. The van der Waals surface area contributed by atoms with E-state index in [2.05, 4.69) is 6.92 Å². The van der Waals surface area contributed by atoms with Gasteiger partial charge in [0.15, 0.2) is 9.84 Å². The van der Waals surface area contributed by atoms with Gasteiger partial charge in [-0.3, -0.25) is 0 Å². The Labute approximate surface area is 114 Å². The summed E-state index contributed by atoms with van der Waals surface area (Å²) in [6.07, 6.45) is 4.43. The highest BCUT2D eigenvalue weighted by molar-refractivity contribution is 7.91. The third-order valence-corrected chi connectivity index (χ3v) is 5.55. The fourth-order valence-electron chi connectivity index (χ4n) is 2.79. The van der Waals surface area contributed by atoms with Gasteiger partial charge in [-0.05, 0) is 25.2 Å². The van der Waals surface area contributed by atoms with Crippen LogP contribution in [0.15, 0.2) is 0 Å². The van der Waals surface area contributed by atoms with Crippen molar-refractivity contribution in [2.75, 3.05) is 18.1 Å². The first-order valence-electron chi connectivity index (χ1n) is 6.96. The summed E-state index contributed by atoms with van der Waals surface area (Å²) < 4.78 is 33.2. The molecule has 19 heavy (non-hydrogen) atoms. The monoisotopic (exact) mass is 290 g/mol. The van der Waals surface area contributed by atoms with Crippen LogP contribution < -0.4 is 0 Å². The maximum atomic E-state index is 11.6. The van der Waals surface area contributed by atoms with Crippen LogP contribution in [0.1, 0.15) is 39.0 Å². The van der Waals surface area contributed by atoms with Gasteiger partial charge in [-0.25, -0.2) is 13.2 Å². The minimum Gasteiger partial charge on any atom is -0.460 e. The fourth-order valence-corrected chi connectivity index (χ4v) is 4.38. The Morgan fingerprint density at radius 2 is 2.00 bits per heavy atom. The van der Waals surface area contributed by atoms with E-state index in [1.54, 1.807) is 0 Å². The van der Waals surface area contributed by atoms with Crippen LogP contribution >= 0.6 is 0 Å². The smallest absolute Gasteiger partial charge is 0.332 e. The normalized spacial score (nSPS) is 34.1. The molecule has 0 radical (unpaired) electrons. The average Bonchev–Trinajstić information content (AvgIpc) is 2.66. The van der Waals surface area contributed by atoms with E-state index < -0.39 is 21.9 Å². The molecule has 0 aromatic heterocycles. The van der Waals surface area contributed by atoms with Crippen LogP contribution in [0.5, 0.6) is 0 Å². The average molecular weight is 290 g/mol. The lowest BCUT2D eigenvalue weighted by atomic mass is 9.89. The molecule has 1 saturated carbocycles. The largest absolute Gasteiger partial charge is 0.460 e. The van der Waals surface area contributed by atoms with Gasteiger partial charge in [0.25, 0.3) is 0 Å². The molecule has 0 unspecified atom stereocenters. The molecule has 2 aliphatic rings. The Bertz CT molecular complexity index is 417. The Morgan fingerprint density at radius 3 is 2.63 bits per heavy atom. The molecule has 1 heterocycles. The Kier molecular flexibility index (Phi) is 4.84. The molecular weight excluding hydrogens is 268 g/mol. The summed E-state index contributed by atoms with van der Waals surface area (Å²) in [6.45, 7) is 2.13. The predicted molar refractivity (Wildman–Crippen MR) is 70.5 cm³/mol. The van der Waals surface area contributed by atoms with E-state index in [4.69, 9.17) is 9.47 Å². The van der Waals surface area contributed by atoms with Crippen molar-refractivity contribution in [1.29, 1.82) is 0 Å². The fraction of sp³-hybridized carbons (Fsp3) is 0.923. The number of ether oxygens (including phenoxy) is 2. The molecule has 0 N–H and O–H groups in total. The second-order valence-corrected chi connectivity index (χ2v) is 7.95. The van der Waals surface area contributed by atoms with Crippen molar-refractivity contribution in [3.05, 3.63) is 0 Å². The number of sulfone groups is 1. The molecule has 3 atom stereocenters. The molecule has 2 rings (SSSR count). The number of hydrogen-bond donors (Lipinski definition) is 0. The van der Waals surface area contributed by atoms with Gasteiger partial charge in [0.2, 0.25) is 0 Å². The molecule has 1 aliphatic heterocycles. The first kappa shape index (κ1) is 14.8.